The van der Waals surface area contributed by atoms with Crippen molar-refractivity contribution < 1.29 is 14.3 Å². The van der Waals surface area contributed by atoms with Crippen LogP contribution in [-0.4, -0.2) is 25.7 Å². The monoisotopic (exact) mass is 311 g/mol. The molecule has 1 saturated carbocycles. The smallest absolute Gasteiger partial charge is 0.308 e. The van der Waals surface area contributed by atoms with E-state index in [0.717, 1.165) is 31.4 Å². The lowest BCUT2D eigenvalue weighted by atomic mass is 9.85. The number of anilines is 1. The number of rotatable bonds is 5. The number of esters is 1. The number of hydrogen-bond donors (Lipinski definition) is 1. The molecule has 2 unspecified atom stereocenters. The minimum Gasteiger partial charge on any atom is -0.495 e. The van der Waals surface area contributed by atoms with Gasteiger partial charge in [-0.15, -0.1) is 0 Å². The Morgan fingerprint density at radius 1 is 1.43 bits per heavy atom. The minimum absolute atomic E-state index is 0.00500. The van der Waals surface area contributed by atoms with Crippen LogP contribution >= 0.6 is 11.6 Å². The van der Waals surface area contributed by atoms with Crippen LogP contribution in [0, 0.1) is 5.92 Å². The first-order valence-corrected chi connectivity index (χ1v) is 7.78. The van der Waals surface area contributed by atoms with Crippen LogP contribution in [0.5, 0.6) is 5.75 Å². The summed E-state index contributed by atoms with van der Waals surface area (Å²) in [6.07, 6.45) is 3.82. The Balaban J connectivity index is 1.97. The van der Waals surface area contributed by atoms with E-state index >= 15 is 0 Å². The van der Waals surface area contributed by atoms with Crippen LogP contribution in [0.15, 0.2) is 18.2 Å². The average molecular weight is 312 g/mol. The fourth-order valence-electron chi connectivity index (χ4n) is 2.78. The highest BCUT2D eigenvalue weighted by molar-refractivity contribution is 6.32. The molecular formula is C16H22ClNO3. The predicted molar refractivity (Wildman–Crippen MR) is 84.0 cm³/mol. The number of halogens is 1. The number of methoxy groups -OCH3 is 1. The van der Waals surface area contributed by atoms with E-state index in [4.69, 9.17) is 21.1 Å². The highest BCUT2D eigenvalue weighted by Gasteiger charge is 2.28. The van der Waals surface area contributed by atoms with Gasteiger partial charge in [-0.1, -0.05) is 18.0 Å². The summed E-state index contributed by atoms with van der Waals surface area (Å²) in [6, 6.07) is 5.91. The van der Waals surface area contributed by atoms with Crippen LogP contribution in [-0.2, 0) is 9.53 Å². The Labute approximate surface area is 130 Å². The molecule has 116 valence electrons. The van der Waals surface area contributed by atoms with Crippen molar-refractivity contribution in [2.45, 2.75) is 38.6 Å². The number of carbonyl (C=O) groups is 1. The number of ether oxygens (including phenoxy) is 2. The lowest BCUT2D eigenvalue weighted by molar-refractivity contribution is -0.149. The maximum atomic E-state index is 11.9. The Morgan fingerprint density at radius 3 is 2.95 bits per heavy atom. The Morgan fingerprint density at radius 2 is 2.24 bits per heavy atom. The van der Waals surface area contributed by atoms with Gasteiger partial charge in [-0.3, -0.25) is 4.79 Å². The van der Waals surface area contributed by atoms with Crippen molar-refractivity contribution in [2.75, 3.05) is 19.0 Å². The van der Waals surface area contributed by atoms with Crippen molar-refractivity contribution in [3.63, 3.8) is 0 Å². The summed E-state index contributed by atoms with van der Waals surface area (Å²) in [5, 5.41) is 4.06. The molecule has 0 saturated heterocycles. The molecule has 1 aliphatic carbocycles. The van der Waals surface area contributed by atoms with E-state index in [0.29, 0.717) is 17.4 Å². The van der Waals surface area contributed by atoms with Crippen molar-refractivity contribution in [2.24, 2.45) is 5.92 Å². The highest BCUT2D eigenvalue weighted by atomic mass is 35.5. The van der Waals surface area contributed by atoms with Crippen molar-refractivity contribution in [3.05, 3.63) is 23.2 Å². The molecule has 2 rings (SSSR count). The zero-order valence-electron chi connectivity index (χ0n) is 12.5. The molecule has 21 heavy (non-hydrogen) atoms. The molecule has 1 N–H and O–H groups in total. The summed E-state index contributed by atoms with van der Waals surface area (Å²) in [6.45, 7) is 2.29. The van der Waals surface area contributed by atoms with Crippen LogP contribution in [0.1, 0.15) is 32.6 Å². The van der Waals surface area contributed by atoms with Gasteiger partial charge in [-0.2, -0.15) is 0 Å². The molecule has 0 bridgehead atoms. The van der Waals surface area contributed by atoms with E-state index in [-0.39, 0.29) is 17.9 Å². The first-order valence-electron chi connectivity index (χ1n) is 7.40. The van der Waals surface area contributed by atoms with Gasteiger partial charge in [0.25, 0.3) is 0 Å². The summed E-state index contributed by atoms with van der Waals surface area (Å²) in [5.74, 6) is 0.586. The average Bonchev–Trinajstić information content (AvgIpc) is 2.50. The molecule has 4 nitrogen and oxygen atoms in total. The van der Waals surface area contributed by atoms with Gasteiger partial charge in [0.2, 0.25) is 0 Å². The summed E-state index contributed by atoms with van der Waals surface area (Å²) < 4.78 is 10.3. The minimum atomic E-state index is -0.0716. The van der Waals surface area contributed by atoms with E-state index in [1.165, 1.54) is 0 Å². The molecule has 0 heterocycles. The Bertz CT molecular complexity index is 492. The zero-order chi connectivity index (χ0) is 15.2. The van der Waals surface area contributed by atoms with Gasteiger partial charge in [-0.05, 0) is 38.3 Å². The molecule has 1 aromatic carbocycles. The maximum absolute atomic E-state index is 11.9. The third kappa shape index (κ3) is 4.27. The third-order valence-electron chi connectivity index (χ3n) is 3.82. The second-order valence-electron chi connectivity index (χ2n) is 5.31. The third-order valence-corrected chi connectivity index (χ3v) is 4.13. The summed E-state index contributed by atoms with van der Waals surface area (Å²) in [7, 11) is 1.60. The van der Waals surface area contributed by atoms with Crippen LogP contribution < -0.4 is 10.1 Å². The second kappa shape index (κ2) is 7.55. The van der Waals surface area contributed by atoms with Crippen molar-refractivity contribution in [3.8, 4) is 5.75 Å². The van der Waals surface area contributed by atoms with E-state index in [9.17, 15) is 4.79 Å². The number of benzene rings is 1. The first kappa shape index (κ1) is 16.0. The van der Waals surface area contributed by atoms with Crippen molar-refractivity contribution in [1.29, 1.82) is 0 Å². The molecule has 1 aliphatic rings. The molecule has 2 atom stereocenters. The predicted octanol–water partition coefficient (Wildman–Crippen LogP) is 3.88. The molecule has 0 spiro atoms. The Hall–Kier alpha value is -1.42. The molecule has 1 fully saturated rings. The van der Waals surface area contributed by atoms with Crippen molar-refractivity contribution in [1.82, 2.24) is 0 Å². The van der Waals surface area contributed by atoms with Crippen LogP contribution in [0.4, 0.5) is 5.69 Å². The van der Waals surface area contributed by atoms with Gasteiger partial charge in [0.1, 0.15) is 5.75 Å². The topological polar surface area (TPSA) is 47.6 Å². The maximum Gasteiger partial charge on any atom is 0.308 e. The molecule has 0 aliphatic heterocycles. The fourth-order valence-corrected chi connectivity index (χ4v) is 2.98. The van der Waals surface area contributed by atoms with E-state index in [1.807, 2.05) is 25.1 Å². The van der Waals surface area contributed by atoms with Crippen LogP contribution in [0.2, 0.25) is 5.02 Å². The summed E-state index contributed by atoms with van der Waals surface area (Å²) in [4.78, 5) is 11.9. The summed E-state index contributed by atoms with van der Waals surface area (Å²) >= 11 is 6.02. The molecule has 1 aromatic rings. The molecule has 0 amide bonds. The van der Waals surface area contributed by atoms with Gasteiger partial charge < -0.3 is 14.8 Å². The largest absolute Gasteiger partial charge is 0.495 e. The number of carbonyl (C=O) groups excluding carboxylic acids is 1. The standard InChI is InChI=1S/C16H22ClNO3/c1-3-21-16(19)11-5-4-6-12(9-11)18-13-7-8-14(17)15(10-13)20-2/h7-8,10-12,18H,3-6,9H2,1-2H3. The van der Waals surface area contributed by atoms with Crippen LogP contribution in [0.3, 0.4) is 0 Å². The van der Waals surface area contributed by atoms with Gasteiger partial charge in [0.15, 0.2) is 0 Å². The summed E-state index contributed by atoms with van der Waals surface area (Å²) in [5.41, 5.74) is 0.964. The molecular weight excluding hydrogens is 290 g/mol. The number of hydrogen-bond acceptors (Lipinski definition) is 4. The normalized spacial score (nSPS) is 21.7. The van der Waals surface area contributed by atoms with E-state index < -0.39 is 0 Å². The quantitative estimate of drug-likeness (QED) is 0.838. The van der Waals surface area contributed by atoms with Crippen LogP contribution in [0.25, 0.3) is 0 Å². The number of nitrogens with one attached hydrogen (secondary N) is 1. The van der Waals surface area contributed by atoms with Gasteiger partial charge in [0.05, 0.1) is 24.7 Å². The van der Waals surface area contributed by atoms with Gasteiger partial charge in [-0.25, -0.2) is 0 Å². The van der Waals surface area contributed by atoms with E-state index in [1.54, 1.807) is 7.11 Å². The first-order chi connectivity index (χ1) is 10.1. The van der Waals surface area contributed by atoms with Gasteiger partial charge in [0, 0.05) is 17.8 Å². The SMILES string of the molecule is CCOC(=O)C1CCCC(Nc2ccc(Cl)c(OC)c2)C1. The van der Waals surface area contributed by atoms with Crippen molar-refractivity contribution >= 4 is 23.3 Å². The lowest BCUT2D eigenvalue weighted by Crippen LogP contribution is -2.32. The van der Waals surface area contributed by atoms with E-state index in [2.05, 4.69) is 5.32 Å². The second-order valence-corrected chi connectivity index (χ2v) is 5.71. The fraction of sp³-hybridized carbons (Fsp3) is 0.562. The highest BCUT2D eigenvalue weighted by Crippen LogP contribution is 2.31. The Kier molecular flexibility index (Phi) is 5.74. The zero-order valence-corrected chi connectivity index (χ0v) is 13.3. The lowest BCUT2D eigenvalue weighted by Gasteiger charge is -2.29. The van der Waals surface area contributed by atoms with Gasteiger partial charge >= 0.3 is 5.97 Å². The molecule has 5 heteroatoms. The molecule has 0 radical (unpaired) electrons. The molecule has 0 aromatic heterocycles.